The van der Waals surface area contributed by atoms with Gasteiger partial charge in [-0.2, -0.15) is 0 Å². The van der Waals surface area contributed by atoms with Gasteiger partial charge in [-0.05, 0) is 67.1 Å². The number of nitrogens with zero attached hydrogens (tertiary/aromatic N) is 1. The third-order valence-corrected chi connectivity index (χ3v) is 6.02. The first kappa shape index (κ1) is 20.2. The van der Waals surface area contributed by atoms with Crippen LogP contribution in [0.1, 0.15) is 46.0 Å². The molecule has 0 saturated carbocycles. The molecule has 1 heterocycles. The Morgan fingerprint density at radius 1 is 1.03 bits per heavy atom. The molecule has 3 heteroatoms. The van der Waals surface area contributed by atoms with Gasteiger partial charge in [-0.1, -0.05) is 54.6 Å². The van der Waals surface area contributed by atoms with Gasteiger partial charge in [0.25, 0.3) is 5.91 Å². The fourth-order valence-corrected chi connectivity index (χ4v) is 4.06. The second-order valence-corrected chi connectivity index (χ2v) is 8.15. The average Bonchev–Trinajstić information content (AvgIpc) is 3.25. The second kappa shape index (κ2) is 9.17. The van der Waals surface area contributed by atoms with Crippen molar-refractivity contribution in [2.75, 3.05) is 6.61 Å². The molecule has 1 aliphatic heterocycles. The van der Waals surface area contributed by atoms with Gasteiger partial charge in [0.1, 0.15) is 5.75 Å². The summed E-state index contributed by atoms with van der Waals surface area (Å²) in [6.07, 6.45) is 2.76. The van der Waals surface area contributed by atoms with Crippen molar-refractivity contribution in [3.63, 3.8) is 0 Å². The van der Waals surface area contributed by atoms with E-state index in [1.54, 1.807) is 0 Å². The highest BCUT2D eigenvalue weighted by molar-refractivity contribution is 5.95. The average molecular weight is 400 g/mol. The van der Waals surface area contributed by atoms with Crippen LogP contribution in [0.15, 0.2) is 72.8 Å². The molecule has 1 aliphatic rings. The molecular formula is C27H29NO2. The van der Waals surface area contributed by atoms with Gasteiger partial charge in [0.2, 0.25) is 0 Å². The first-order chi connectivity index (χ1) is 14.6. The van der Waals surface area contributed by atoms with E-state index in [0.29, 0.717) is 13.2 Å². The Bertz CT molecular complexity index is 1010. The van der Waals surface area contributed by atoms with Gasteiger partial charge in [0.15, 0.2) is 0 Å². The van der Waals surface area contributed by atoms with Gasteiger partial charge in [0.05, 0.1) is 6.61 Å². The molecule has 3 aromatic carbocycles. The zero-order chi connectivity index (χ0) is 20.9. The van der Waals surface area contributed by atoms with Crippen molar-refractivity contribution in [3.05, 3.63) is 101 Å². The van der Waals surface area contributed by atoms with E-state index in [0.717, 1.165) is 36.1 Å². The summed E-state index contributed by atoms with van der Waals surface area (Å²) in [5.74, 6) is 1.00. The summed E-state index contributed by atoms with van der Waals surface area (Å²) in [5.41, 5.74) is 5.60. The molecule has 0 spiro atoms. The van der Waals surface area contributed by atoms with Crippen molar-refractivity contribution in [2.45, 2.75) is 45.7 Å². The maximum Gasteiger partial charge on any atom is 0.254 e. The van der Waals surface area contributed by atoms with Crippen molar-refractivity contribution in [1.82, 2.24) is 4.90 Å². The number of fused-ring (bicyclic) bond motifs is 1. The van der Waals surface area contributed by atoms with Gasteiger partial charge in [-0.25, -0.2) is 0 Å². The van der Waals surface area contributed by atoms with Crippen LogP contribution in [0.25, 0.3) is 0 Å². The Morgan fingerprint density at radius 3 is 2.60 bits per heavy atom. The van der Waals surface area contributed by atoms with Crippen LogP contribution in [0.4, 0.5) is 0 Å². The number of benzene rings is 3. The summed E-state index contributed by atoms with van der Waals surface area (Å²) in [6.45, 7) is 5.59. The number of aryl methyl sites for hydroxylation is 2. The summed E-state index contributed by atoms with van der Waals surface area (Å²) in [4.78, 5) is 15.6. The fourth-order valence-electron chi connectivity index (χ4n) is 4.06. The number of rotatable bonds is 7. The maximum atomic E-state index is 13.6. The second-order valence-electron chi connectivity index (χ2n) is 8.15. The molecule has 0 aliphatic carbocycles. The van der Waals surface area contributed by atoms with Crippen molar-refractivity contribution in [2.24, 2.45) is 0 Å². The Morgan fingerprint density at radius 2 is 1.80 bits per heavy atom. The Kier molecular flexibility index (Phi) is 6.18. The van der Waals surface area contributed by atoms with Gasteiger partial charge < -0.3 is 9.64 Å². The molecule has 0 aromatic heterocycles. The van der Waals surface area contributed by atoms with Crippen LogP contribution >= 0.6 is 0 Å². The van der Waals surface area contributed by atoms with Gasteiger partial charge in [-0.3, -0.25) is 4.79 Å². The third-order valence-electron chi connectivity index (χ3n) is 6.02. The Labute approximate surface area is 179 Å². The predicted molar refractivity (Wildman–Crippen MR) is 121 cm³/mol. The maximum absolute atomic E-state index is 13.6. The van der Waals surface area contributed by atoms with Crippen molar-refractivity contribution < 1.29 is 9.53 Å². The van der Waals surface area contributed by atoms with Crippen LogP contribution in [-0.4, -0.2) is 23.5 Å². The Balaban J connectivity index is 1.57. The largest absolute Gasteiger partial charge is 0.493 e. The number of amides is 1. The quantitative estimate of drug-likeness (QED) is 0.518. The number of carbonyl (C=O) groups excluding carboxylic acids is 1. The van der Waals surface area contributed by atoms with E-state index in [9.17, 15) is 4.79 Å². The molecule has 0 saturated heterocycles. The molecule has 4 rings (SSSR count). The zero-order valence-electron chi connectivity index (χ0n) is 17.8. The molecule has 0 bridgehead atoms. The zero-order valence-corrected chi connectivity index (χ0v) is 17.8. The van der Waals surface area contributed by atoms with Crippen LogP contribution in [0.3, 0.4) is 0 Å². The van der Waals surface area contributed by atoms with Crippen molar-refractivity contribution in [3.8, 4) is 5.75 Å². The summed E-state index contributed by atoms with van der Waals surface area (Å²) >= 11 is 0. The molecule has 0 unspecified atom stereocenters. The Hall–Kier alpha value is -3.07. The SMILES string of the molecule is Cc1ccccc1CN(C(=O)c1ccc2c(c1)CCO2)[C@H](C)CCc1ccccc1. The van der Waals surface area contributed by atoms with Crippen molar-refractivity contribution >= 4 is 5.91 Å². The number of ether oxygens (including phenoxy) is 1. The lowest BCUT2D eigenvalue weighted by Crippen LogP contribution is -2.38. The molecule has 0 radical (unpaired) electrons. The minimum Gasteiger partial charge on any atom is -0.493 e. The van der Waals surface area contributed by atoms with Crippen LogP contribution in [-0.2, 0) is 19.4 Å². The van der Waals surface area contributed by atoms with E-state index in [-0.39, 0.29) is 11.9 Å². The van der Waals surface area contributed by atoms with E-state index in [2.05, 4.69) is 50.2 Å². The summed E-state index contributed by atoms with van der Waals surface area (Å²) < 4.78 is 5.62. The highest BCUT2D eigenvalue weighted by Gasteiger charge is 2.24. The topological polar surface area (TPSA) is 29.5 Å². The van der Waals surface area contributed by atoms with Crippen LogP contribution in [0.5, 0.6) is 5.75 Å². The highest BCUT2D eigenvalue weighted by Crippen LogP contribution is 2.27. The molecule has 154 valence electrons. The van der Waals surface area contributed by atoms with Gasteiger partial charge in [0, 0.05) is 24.6 Å². The molecule has 0 N–H and O–H groups in total. The van der Waals surface area contributed by atoms with E-state index in [1.807, 2.05) is 41.3 Å². The number of carbonyl (C=O) groups is 1. The predicted octanol–water partition coefficient (Wildman–Crippen LogP) is 5.59. The number of hydrogen-bond acceptors (Lipinski definition) is 2. The minimum absolute atomic E-state index is 0.0912. The summed E-state index contributed by atoms with van der Waals surface area (Å²) in [6, 6.07) is 24.8. The standard InChI is InChI=1S/C27H29NO2/c1-20-8-6-7-11-25(20)19-28(21(2)12-13-22-9-4-3-5-10-22)27(29)24-14-15-26-23(18-24)16-17-30-26/h3-11,14-15,18,21H,12-13,16-17,19H2,1-2H3/t21-/m1/s1. The van der Waals surface area contributed by atoms with E-state index < -0.39 is 0 Å². The molecular weight excluding hydrogens is 370 g/mol. The van der Waals surface area contributed by atoms with E-state index in [4.69, 9.17) is 4.74 Å². The molecule has 1 amide bonds. The van der Waals surface area contributed by atoms with E-state index in [1.165, 1.54) is 16.7 Å². The lowest BCUT2D eigenvalue weighted by atomic mass is 10.0. The molecule has 3 nitrogen and oxygen atoms in total. The molecule has 1 atom stereocenters. The van der Waals surface area contributed by atoms with E-state index >= 15 is 0 Å². The van der Waals surface area contributed by atoms with Gasteiger partial charge >= 0.3 is 0 Å². The summed E-state index contributed by atoms with van der Waals surface area (Å²) in [7, 11) is 0. The van der Waals surface area contributed by atoms with Gasteiger partial charge in [-0.15, -0.1) is 0 Å². The molecule has 3 aromatic rings. The molecule has 0 fully saturated rings. The monoisotopic (exact) mass is 399 g/mol. The smallest absolute Gasteiger partial charge is 0.254 e. The van der Waals surface area contributed by atoms with Crippen LogP contribution in [0, 0.1) is 6.92 Å². The molecule has 30 heavy (non-hydrogen) atoms. The first-order valence-corrected chi connectivity index (χ1v) is 10.8. The fraction of sp³-hybridized carbons (Fsp3) is 0.296. The minimum atomic E-state index is 0.0912. The number of hydrogen-bond donors (Lipinski definition) is 0. The highest BCUT2D eigenvalue weighted by atomic mass is 16.5. The third kappa shape index (κ3) is 4.56. The summed E-state index contributed by atoms with van der Waals surface area (Å²) in [5, 5.41) is 0. The lowest BCUT2D eigenvalue weighted by Gasteiger charge is -2.30. The van der Waals surface area contributed by atoms with Crippen LogP contribution < -0.4 is 4.74 Å². The van der Waals surface area contributed by atoms with Crippen LogP contribution in [0.2, 0.25) is 0 Å². The van der Waals surface area contributed by atoms with Crippen molar-refractivity contribution in [1.29, 1.82) is 0 Å². The normalized spacial score (nSPS) is 13.4. The first-order valence-electron chi connectivity index (χ1n) is 10.8. The lowest BCUT2D eigenvalue weighted by molar-refractivity contribution is 0.0667.